The zero-order chi connectivity index (χ0) is 17.6. The van der Waals surface area contributed by atoms with E-state index in [1.165, 1.54) is 5.56 Å². The number of halogens is 1. The Morgan fingerprint density at radius 2 is 1.84 bits per heavy atom. The van der Waals surface area contributed by atoms with E-state index in [0.717, 1.165) is 38.5 Å². The third-order valence-electron chi connectivity index (χ3n) is 3.62. The van der Waals surface area contributed by atoms with E-state index in [9.17, 15) is 0 Å². The number of para-hydroxylation sites is 1. The molecule has 0 aliphatic heterocycles. The lowest BCUT2D eigenvalue weighted by atomic mass is 10.2. The first-order chi connectivity index (χ1) is 12.2. The predicted octanol–water partition coefficient (Wildman–Crippen LogP) is 5.91. The fourth-order valence-corrected chi connectivity index (χ4v) is 4.37. The number of rotatable bonds is 7. The molecule has 1 aromatic heterocycles. The Bertz CT molecular complexity index is 834. The van der Waals surface area contributed by atoms with Crippen LogP contribution in [-0.4, -0.2) is 19.2 Å². The van der Waals surface area contributed by atoms with E-state index < -0.39 is 0 Å². The average molecular weight is 392 g/mol. The quantitative estimate of drug-likeness (QED) is 0.500. The van der Waals surface area contributed by atoms with E-state index in [4.69, 9.17) is 26.1 Å². The minimum Gasteiger partial charge on any atom is -0.493 e. The van der Waals surface area contributed by atoms with Gasteiger partial charge < -0.3 is 9.47 Å². The molecule has 25 heavy (non-hydrogen) atoms. The summed E-state index contributed by atoms with van der Waals surface area (Å²) >= 11 is 9.37. The van der Waals surface area contributed by atoms with Gasteiger partial charge in [-0.2, -0.15) is 11.8 Å². The van der Waals surface area contributed by atoms with Crippen molar-refractivity contribution < 1.29 is 9.47 Å². The minimum atomic E-state index is 0.717. The summed E-state index contributed by atoms with van der Waals surface area (Å²) in [7, 11) is 3.29. The highest BCUT2D eigenvalue weighted by atomic mass is 35.5. The number of thioether (sulfide) groups is 1. The van der Waals surface area contributed by atoms with E-state index in [2.05, 4.69) is 17.5 Å². The van der Waals surface area contributed by atoms with Gasteiger partial charge in [0.15, 0.2) is 11.5 Å². The van der Waals surface area contributed by atoms with Crippen LogP contribution in [0, 0.1) is 0 Å². The highest BCUT2D eigenvalue weighted by Gasteiger charge is 2.14. The highest BCUT2D eigenvalue weighted by Crippen LogP contribution is 2.39. The van der Waals surface area contributed by atoms with Gasteiger partial charge in [0.25, 0.3) is 0 Å². The summed E-state index contributed by atoms with van der Waals surface area (Å²) in [4.78, 5) is 4.75. The Balaban J connectivity index is 1.67. The van der Waals surface area contributed by atoms with E-state index in [-0.39, 0.29) is 0 Å². The van der Waals surface area contributed by atoms with Crippen molar-refractivity contribution in [3.05, 3.63) is 64.1 Å². The zero-order valence-corrected chi connectivity index (χ0v) is 16.4. The van der Waals surface area contributed by atoms with Crippen molar-refractivity contribution in [1.29, 1.82) is 0 Å². The monoisotopic (exact) mass is 391 g/mol. The molecule has 0 radical (unpaired) electrons. The Kier molecular flexibility index (Phi) is 6.24. The van der Waals surface area contributed by atoms with Gasteiger partial charge in [-0.1, -0.05) is 29.8 Å². The van der Waals surface area contributed by atoms with Crippen LogP contribution in [0.4, 0.5) is 0 Å². The second-order valence-corrected chi connectivity index (χ2v) is 7.58. The number of ether oxygens (including phenoxy) is 2. The molecule has 0 atom stereocenters. The van der Waals surface area contributed by atoms with Crippen LogP contribution in [0.2, 0.25) is 5.02 Å². The molecule has 0 spiro atoms. The number of aromatic nitrogens is 1. The van der Waals surface area contributed by atoms with Crippen LogP contribution in [0.1, 0.15) is 11.3 Å². The van der Waals surface area contributed by atoms with Gasteiger partial charge in [-0.15, -0.1) is 11.3 Å². The molecule has 0 aliphatic carbocycles. The van der Waals surface area contributed by atoms with Gasteiger partial charge in [0.2, 0.25) is 0 Å². The molecule has 0 unspecified atom stereocenters. The van der Waals surface area contributed by atoms with Crippen LogP contribution in [0.25, 0.3) is 10.6 Å². The van der Waals surface area contributed by atoms with Gasteiger partial charge in [-0.05, 0) is 29.8 Å². The maximum atomic E-state index is 5.91. The van der Waals surface area contributed by atoms with Gasteiger partial charge in [0, 0.05) is 21.9 Å². The molecule has 0 saturated carbocycles. The SMILES string of the molecule is COc1cccc(-c2nc(CSCc3ccc(Cl)cc3)cs2)c1OC. The zero-order valence-electron chi connectivity index (χ0n) is 14.0. The lowest BCUT2D eigenvalue weighted by Crippen LogP contribution is -1.93. The molecule has 3 aromatic rings. The third kappa shape index (κ3) is 4.48. The molecule has 0 fully saturated rings. The van der Waals surface area contributed by atoms with E-state index in [1.54, 1.807) is 25.6 Å². The first-order valence-electron chi connectivity index (χ1n) is 7.69. The van der Waals surface area contributed by atoms with E-state index in [0.29, 0.717) is 5.75 Å². The van der Waals surface area contributed by atoms with Crippen molar-refractivity contribution in [2.45, 2.75) is 11.5 Å². The molecule has 1 heterocycles. The second-order valence-electron chi connectivity index (χ2n) is 5.30. The number of hydrogen-bond donors (Lipinski definition) is 0. The number of nitrogens with zero attached hydrogens (tertiary/aromatic N) is 1. The van der Waals surface area contributed by atoms with Crippen molar-refractivity contribution in [3.63, 3.8) is 0 Å². The molecular formula is C19H18ClNO2S2. The summed E-state index contributed by atoms with van der Waals surface area (Å²) in [6, 6.07) is 13.8. The molecule has 3 rings (SSSR count). The summed E-state index contributed by atoms with van der Waals surface area (Å²) in [6.45, 7) is 0. The van der Waals surface area contributed by atoms with Crippen LogP contribution in [0.5, 0.6) is 11.5 Å². The molecule has 130 valence electrons. The molecule has 6 heteroatoms. The summed E-state index contributed by atoms with van der Waals surface area (Å²) in [5.41, 5.74) is 3.30. The summed E-state index contributed by atoms with van der Waals surface area (Å²) in [5, 5.41) is 3.81. The molecule has 0 amide bonds. The Morgan fingerprint density at radius 1 is 1.04 bits per heavy atom. The van der Waals surface area contributed by atoms with Gasteiger partial charge in [0.1, 0.15) is 5.01 Å². The largest absolute Gasteiger partial charge is 0.493 e. The first-order valence-corrected chi connectivity index (χ1v) is 10.1. The van der Waals surface area contributed by atoms with E-state index in [1.807, 2.05) is 42.1 Å². The summed E-state index contributed by atoms with van der Waals surface area (Å²) in [6.07, 6.45) is 0. The standard InChI is InChI=1S/C19H18ClNO2S2/c1-22-17-5-3-4-16(18(17)23-2)19-21-15(12-25-19)11-24-10-13-6-8-14(20)9-7-13/h3-9,12H,10-11H2,1-2H3. The van der Waals surface area contributed by atoms with Crippen molar-refractivity contribution in [2.75, 3.05) is 14.2 Å². The van der Waals surface area contributed by atoms with Crippen LogP contribution < -0.4 is 9.47 Å². The molecule has 0 saturated heterocycles. The average Bonchev–Trinajstić information content (AvgIpc) is 3.11. The van der Waals surface area contributed by atoms with Crippen LogP contribution >= 0.6 is 34.7 Å². The molecule has 0 aliphatic rings. The van der Waals surface area contributed by atoms with Crippen LogP contribution in [-0.2, 0) is 11.5 Å². The van der Waals surface area contributed by atoms with Crippen molar-refractivity contribution in [2.24, 2.45) is 0 Å². The summed E-state index contributed by atoms with van der Waals surface area (Å²) < 4.78 is 10.9. The van der Waals surface area contributed by atoms with Crippen LogP contribution in [0.3, 0.4) is 0 Å². The van der Waals surface area contributed by atoms with Crippen molar-refractivity contribution >= 4 is 34.7 Å². The number of methoxy groups -OCH3 is 2. The number of thiazole rings is 1. The van der Waals surface area contributed by atoms with Crippen LogP contribution in [0.15, 0.2) is 47.8 Å². The fourth-order valence-electron chi connectivity index (χ4n) is 2.41. The smallest absolute Gasteiger partial charge is 0.170 e. The predicted molar refractivity (Wildman–Crippen MR) is 107 cm³/mol. The Morgan fingerprint density at radius 3 is 2.56 bits per heavy atom. The Hall–Kier alpha value is -1.69. The fraction of sp³-hybridized carbons (Fsp3) is 0.211. The van der Waals surface area contributed by atoms with Crippen molar-refractivity contribution in [1.82, 2.24) is 4.98 Å². The normalized spacial score (nSPS) is 10.7. The topological polar surface area (TPSA) is 31.4 Å². The molecule has 3 nitrogen and oxygen atoms in total. The minimum absolute atomic E-state index is 0.717. The lowest BCUT2D eigenvalue weighted by Gasteiger charge is -2.10. The Labute approximate surface area is 161 Å². The molecule has 0 N–H and O–H groups in total. The molecule has 2 aromatic carbocycles. The highest BCUT2D eigenvalue weighted by molar-refractivity contribution is 7.97. The number of hydrogen-bond acceptors (Lipinski definition) is 5. The first kappa shape index (κ1) is 18.1. The lowest BCUT2D eigenvalue weighted by molar-refractivity contribution is 0.356. The molecule has 0 bridgehead atoms. The van der Waals surface area contributed by atoms with Gasteiger partial charge >= 0.3 is 0 Å². The van der Waals surface area contributed by atoms with E-state index >= 15 is 0 Å². The van der Waals surface area contributed by atoms with Gasteiger partial charge in [-0.25, -0.2) is 4.98 Å². The van der Waals surface area contributed by atoms with Gasteiger partial charge in [-0.3, -0.25) is 0 Å². The maximum absolute atomic E-state index is 5.91. The summed E-state index contributed by atoms with van der Waals surface area (Å²) in [5.74, 6) is 3.24. The van der Waals surface area contributed by atoms with Crippen molar-refractivity contribution in [3.8, 4) is 22.1 Å². The maximum Gasteiger partial charge on any atom is 0.170 e. The number of benzene rings is 2. The van der Waals surface area contributed by atoms with Gasteiger partial charge in [0.05, 0.1) is 25.5 Å². The third-order valence-corrected chi connectivity index (χ3v) is 5.83. The molecular weight excluding hydrogens is 374 g/mol. The second kappa shape index (κ2) is 8.61.